The smallest absolute Gasteiger partial charge is 0.306 e. The van der Waals surface area contributed by atoms with Crippen molar-refractivity contribution in [1.82, 2.24) is 0 Å². The number of hydrogen-bond donors (Lipinski definition) is 3. The molecule has 0 bridgehead atoms. The van der Waals surface area contributed by atoms with Crippen molar-refractivity contribution in [3.63, 3.8) is 0 Å². The van der Waals surface area contributed by atoms with Gasteiger partial charge < -0.3 is 24.8 Å². The molecule has 0 radical (unpaired) electrons. The molecular formula is C11H12O6. The van der Waals surface area contributed by atoms with Crippen LogP contribution in [0.15, 0.2) is 18.2 Å². The maximum absolute atomic E-state index is 10.4. The Kier molecular flexibility index (Phi) is 3.16. The zero-order valence-electron chi connectivity index (χ0n) is 8.87. The van der Waals surface area contributed by atoms with Crippen LogP contribution in [0, 0.1) is 0 Å². The van der Waals surface area contributed by atoms with Crippen molar-refractivity contribution in [2.45, 2.75) is 18.6 Å². The van der Waals surface area contributed by atoms with Crippen LogP contribution in [0.2, 0.25) is 0 Å². The van der Waals surface area contributed by atoms with Gasteiger partial charge in [0, 0.05) is 0 Å². The topological polar surface area (TPSA) is 96.2 Å². The molecule has 0 saturated carbocycles. The molecule has 6 nitrogen and oxygen atoms in total. The Morgan fingerprint density at radius 1 is 1.29 bits per heavy atom. The van der Waals surface area contributed by atoms with E-state index in [1.807, 2.05) is 0 Å². The van der Waals surface area contributed by atoms with Gasteiger partial charge >= 0.3 is 5.97 Å². The molecule has 0 amide bonds. The van der Waals surface area contributed by atoms with Crippen LogP contribution in [0.1, 0.15) is 18.1 Å². The van der Waals surface area contributed by atoms with E-state index in [-0.39, 0.29) is 6.79 Å². The SMILES string of the molecule is O=C(O)CC(O)C(O)c1ccc2c(c1)OCO2. The maximum Gasteiger partial charge on any atom is 0.306 e. The van der Waals surface area contributed by atoms with Crippen LogP contribution in [-0.4, -0.2) is 34.2 Å². The second kappa shape index (κ2) is 4.60. The number of rotatable bonds is 4. The number of hydrogen-bond acceptors (Lipinski definition) is 5. The predicted octanol–water partition coefficient (Wildman–Crippen LogP) is 0.284. The summed E-state index contributed by atoms with van der Waals surface area (Å²) in [4.78, 5) is 10.4. The number of benzene rings is 1. The lowest BCUT2D eigenvalue weighted by Gasteiger charge is -2.16. The van der Waals surface area contributed by atoms with Crippen molar-refractivity contribution in [2.75, 3.05) is 6.79 Å². The predicted molar refractivity (Wildman–Crippen MR) is 55.8 cm³/mol. The molecule has 1 aromatic carbocycles. The molecule has 2 unspecified atom stereocenters. The standard InChI is InChI=1S/C11H12O6/c12-7(4-10(13)14)11(15)6-1-2-8-9(3-6)17-5-16-8/h1-3,7,11-12,15H,4-5H2,(H,13,14). The molecular weight excluding hydrogens is 228 g/mol. The first kappa shape index (κ1) is 11.7. The largest absolute Gasteiger partial charge is 0.481 e. The number of carboxylic acid groups (broad SMARTS) is 1. The van der Waals surface area contributed by atoms with Gasteiger partial charge in [0.25, 0.3) is 0 Å². The lowest BCUT2D eigenvalue weighted by atomic mass is 10.0. The van der Waals surface area contributed by atoms with Crippen LogP contribution in [0.25, 0.3) is 0 Å². The first-order valence-electron chi connectivity index (χ1n) is 5.05. The van der Waals surface area contributed by atoms with E-state index in [9.17, 15) is 15.0 Å². The number of aliphatic carboxylic acids is 1. The zero-order valence-corrected chi connectivity index (χ0v) is 8.87. The van der Waals surface area contributed by atoms with E-state index in [1.54, 1.807) is 12.1 Å². The van der Waals surface area contributed by atoms with Gasteiger partial charge in [0.15, 0.2) is 11.5 Å². The van der Waals surface area contributed by atoms with E-state index in [1.165, 1.54) is 6.07 Å². The molecule has 92 valence electrons. The molecule has 1 aliphatic rings. The minimum Gasteiger partial charge on any atom is -0.481 e. The van der Waals surface area contributed by atoms with Gasteiger partial charge in [-0.25, -0.2) is 0 Å². The van der Waals surface area contributed by atoms with E-state index in [0.717, 1.165) is 0 Å². The Hall–Kier alpha value is -1.79. The van der Waals surface area contributed by atoms with Crippen molar-refractivity contribution in [3.05, 3.63) is 23.8 Å². The van der Waals surface area contributed by atoms with Gasteiger partial charge in [-0.15, -0.1) is 0 Å². The molecule has 0 fully saturated rings. The minimum absolute atomic E-state index is 0.118. The van der Waals surface area contributed by atoms with Crippen LogP contribution in [0.3, 0.4) is 0 Å². The highest BCUT2D eigenvalue weighted by molar-refractivity contribution is 5.67. The second-order valence-electron chi connectivity index (χ2n) is 3.72. The fraction of sp³-hybridized carbons (Fsp3) is 0.364. The van der Waals surface area contributed by atoms with Crippen LogP contribution in [-0.2, 0) is 4.79 Å². The number of aliphatic hydroxyl groups is 2. The lowest BCUT2D eigenvalue weighted by Crippen LogP contribution is -2.21. The van der Waals surface area contributed by atoms with Crippen molar-refractivity contribution in [3.8, 4) is 11.5 Å². The van der Waals surface area contributed by atoms with Crippen LogP contribution in [0.5, 0.6) is 11.5 Å². The molecule has 3 N–H and O–H groups in total. The lowest BCUT2D eigenvalue weighted by molar-refractivity contribution is -0.141. The molecule has 0 aliphatic carbocycles. The third-order valence-electron chi connectivity index (χ3n) is 2.49. The van der Waals surface area contributed by atoms with Crippen LogP contribution < -0.4 is 9.47 Å². The Morgan fingerprint density at radius 2 is 2.00 bits per heavy atom. The average molecular weight is 240 g/mol. The molecule has 2 atom stereocenters. The first-order valence-corrected chi connectivity index (χ1v) is 5.05. The van der Waals surface area contributed by atoms with Crippen LogP contribution >= 0.6 is 0 Å². The molecule has 1 aliphatic heterocycles. The van der Waals surface area contributed by atoms with E-state index >= 15 is 0 Å². The Morgan fingerprint density at radius 3 is 2.71 bits per heavy atom. The summed E-state index contributed by atoms with van der Waals surface area (Å²) in [6.07, 6.45) is -3.14. The summed E-state index contributed by atoms with van der Waals surface area (Å²) in [5, 5.41) is 27.8. The highest BCUT2D eigenvalue weighted by atomic mass is 16.7. The number of fused-ring (bicyclic) bond motifs is 1. The highest BCUT2D eigenvalue weighted by Gasteiger charge is 2.23. The molecule has 2 rings (SSSR count). The molecule has 1 aromatic rings. The van der Waals surface area contributed by atoms with Gasteiger partial charge in [-0.05, 0) is 17.7 Å². The zero-order chi connectivity index (χ0) is 12.4. The molecule has 0 spiro atoms. The van der Waals surface area contributed by atoms with Crippen molar-refractivity contribution in [1.29, 1.82) is 0 Å². The number of aliphatic hydroxyl groups excluding tert-OH is 2. The first-order chi connectivity index (χ1) is 8.08. The van der Waals surface area contributed by atoms with Crippen molar-refractivity contribution < 1.29 is 29.6 Å². The fourth-order valence-corrected chi connectivity index (χ4v) is 1.61. The summed E-state index contributed by atoms with van der Waals surface area (Å²) < 4.78 is 10.2. The normalized spacial score (nSPS) is 16.6. The van der Waals surface area contributed by atoms with Gasteiger partial charge in [-0.2, -0.15) is 0 Å². The summed E-state index contributed by atoms with van der Waals surface area (Å²) in [6, 6.07) is 4.69. The summed E-state index contributed by atoms with van der Waals surface area (Å²) >= 11 is 0. The van der Waals surface area contributed by atoms with Gasteiger partial charge in [-0.1, -0.05) is 6.07 Å². The third kappa shape index (κ3) is 2.48. The van der Waals surface area contributed by atoms with Gasteiger partial charge in [0.2, 0.25) is 6.79 Å². The van der Waals surface area contributed by atoms with E-state index in [4.69, 9.17) is 14.6 Å². The second-order valence-corrected chi connectivity index (χ2v) is 3.72. The van der Waals surface area contributed by atoms with Crippen molar-refractivity contribution in [2.24, 2.45) is 0 Å². The number of carboxylic acids is 1. The molecule has 1 heterocycles. The molecule has 0 aromatic heterocycles. The molecule has 17 heavy (non-hydrogen) atoms. The fourth-order valence-electron chi connectivity index (χ4n) is 1.61. The average Bonchev–Trinajstić information content (AvgIpc) is 2.73. The van der Waals surface area contributed by atoms with Crippen LogP contribution in [0.4, 0.5) is 0 Å². The van der Waals surface area contributed by atoms with Gasteiger partial charge in [-0.3, -0.25) is 4.79 Å². The van der Waals surface area contributed by atoms with Gasteiger partial charge in [0.05, 0.1) is 12.5 Å². The van der Waals surface area contributed by atoms with E-state index in [2.05, 4.69) is 0 Å². The number of ether oxygens (including phenoxy) is 2. The van der Waals surface area contributed by atoms with E-state index < -0.39 is 24.6 Å². The Labute approximate surface area is 97.0 Å². The monoisotopic (exact) mass is 240 g/mol. The third-order valence-corrected chi connectivity index (χ3v) is 2.49. The summed E-state index contributed by atoms with van der Waals surface area (Å²) in [5.41, 5.74) is 0.392. The van der Waals surface area contributed by atoms with E-state index in [0.29, 0.717) is 17.1 Å². The highest BCUT2D eigenvalue weighted by Crippen LogP contribution is 2.34. The van der Waals surface area contributed by atoms with Crippen molar-refractivity contribution >= 4 is 5.97 Å². The molecule has 6 heteroatoms. The summed E-state index contributed by atoms with van der Waals surface area (Å²) in [5.74, 6) is -0.130. The quantitative estimate of drug-likeness (QED) is 0.699. The maximum atomic E-state index is 10.4. The summed E-state index contributed by atoms with van der Waals surface area (Å²) in [6.45, 7) is 0.118. The minimum atomic E-state index is -1.35. The number of carbonyl (C=O) groups is 1. The Bertz CT molecular complexity index is 430. The Balaban J connectivity index is 2.14. The summed E-state index contributed by atoms with van der Waals surface area (Å²) in [7, 11) is 0. The molecule has 0 saturated heterocycles. The van der Waals surface area contributed by atoms with Gasteiger partial charge in [0.1, 0.15) is 6.10 Å².